The van der Waals surface area contributed by atoms with Crippen molar-refractivity contribution in [3.05, 3.63) is 53.6 Å². The van der Waals surface area contributed by atoms with Crippen LogP contribution in [0.15, 0.2) is 36.5 Å². The Morgan fingerprint density at radius 1 is 1.17 bits per heavy atom. The minimum atomic E-state index is -0.209. The third-order valence-corrected chi connectivity index (χ3v) is 3.29. The number of nitrogens with zero attached hydrogens (tertiary/aromatic N) is 2. The molecule has 0 bridgehead atoms. The standard InChI is InChI=1S/C15H19N3/c1-4-13-12(16)10-17-14(18-13)15(2,3)11-8-6-5-7-9-11/h5-10H,4,16H2,1-3H3. The SMILES string of the molecule is CCc1nc(C(C)(C)c2ccccc2)ncc1N. The second kappa shape index (κ2) is 4.77. The smallest absolute Gasteiger partial charge is 0.138 e. The predicted octanol–water partition coefficient (Wildman–Crippen LogP) is 2.95. The summed E-state index contributed by atoms with van der Waals surface area (Å²) < 4.78 is 0. The molecule has 0 radical (unpaired) electrons. The van der Waals surface area contributed by atoms with Crippen molar-refractivity contribution in [1.82, 2.24) is 9.97 Å². The van der Waals surface area contributed by atoms with E-state index in [1.807, 2.05) is 18.2 Å². The van der Waals surface area contributed by atoms with Gasteiger partial charge in [0.1, 0.15) is 5.82 Å². The molecule has 0 saturated carbocycles. The molecule has 0 spiro atoms. The van der Waals surface area contributed by atoms with Crippen LogP contribution in [0.1, 0.15) is 37.9 Å². The Hall–Kier alpha value is -1.90. The van der Waals surface area contributed by atoms with Crippen LogP contribution in [0, 0.1) is 0 Å². The Labute approximate surface area is 108 Å². The van der Waals surface area contributed by atoms with Gasteiger partial charge in [0.05, 0.1) is 17.6 Å². The van der Waals surface area contributed by atoms with Crippen LogP contribution in [0.2, 0.25) is 0 Å². The second-order valence-corrected chi connectivity index (χ2v) is 4.94. The molecule has 2 N–H and O–H groups in total. The summed E-state index contributed by atoms with van der Waals surface area (Å²) in [6.07, 6.45) is 2.54. The lowest BCUT2D eigenvalue weighted by Gasteiger charge is -2.24. The Morgan fingerprint density at radius 3 is 2.44 bits per heavy atom. The van der Waals surface area contributed by atoms with Gasteiger partial charge in [-0.05, 0) is 25.8 Å². The average Bonchev–Trinajstić information content (AvgIpc) is 2.40. The molecular weight excluding hydrogens is 222 g/mol. The van der Waals surface area contributed by atoms with E-state index in [1.165, 1.54) is 5.56 Å². The molecule has 0 fully saturated rings. The molecule has 0 unspecified atom stereocenters. The van der Waals surface area contributed by atoms with E-state index in [2.05, 4.69) is 42.9 Å². The van der Waals surface area contributed by atoms with Crippen molar-refractivity contribution in [1.29, 1.82) is 0 Å². The topological polar surface area (TPSA) is 51.8 Å². The van der Waals surface area contributed by atoms with Crippen LogP contribution in [-0.2, 0) is 11.8 Å². The summed E-state index contributed by atoms with van der Waals surface area (Å²) in [5.41, 5.74) is 8.44. The first-order chi connectivity index (χ1) is 8.55. The maximum Gasteiger partial charge on any atom is 0.138 e. The van der Waals surface area contributed by atoms with E-state index in [0.717, 1.165) is 17.9 Å². The largest absolute Gasteiger partial charge is 0.396 e. The number of aryl methyl sites for hydroxylation is 1. The first kappa shape index (κ1) is 12.6. The maximum absolute atomic E-state index is 5.86. The Morgan fingerprint density at radius 2 is 1.83 bits per heavy atom. The van der Waals surface area contributed by atoms with Crippen LogP contribution in [-0.4, -0.2) is 9.97 Å². The summed E-state index contributed by atoms with van der Waals surface area (Å²) >= 11 is 0. The second-order valence-electron chi connectivity index (χ2n) is 4.94. The molecule has 0 amide bonds. The zero-order valence-electron chi connectivity index (χ0n) is 11.1. The predicted molar refractivity (Wildman–Crippen MR) is 74.4 cm³/mol. The van der Waals surface area contributed by atoms with Crippen molar-refractivity contribution in [2.75, 3.05) is 5.73 Å². The monoisotopic (exact) mass is 241 g/mol. The number of benzene rings is 1. The van der Waals surface area contributed by atoms with E-state index >= 15 is 0 Å². The van der Waals surface area contributed by atoms with Crippen molar-refractivity contribution in [3.63, 3.8) is 0 Å². The summed E-state index contributed by atoms with van der Waals surface area (Å²) in [6.45, 7) is 6.32. The zero-order valence-corrected chi connectivity index (χ0v) is 11.1. The molecule has 3 nitrogen and oxygen atoms in total. The van der Waals surface area contributed by atoms with Crippen molar-refractivity contribution in [3.8, 4) is 0 Å². The molecule has 0 saturated heterocycles. The van der Waals surface area contributed by atoms with E-state index in [0.29, 0.717) is 5.69 Å². The van der Waals surface area contributed by atoms with E-state index in [9.17, 15) is 0 Å². The van der Waals surface area contributed by atoms with Gasteiger partial charge >= 0.3 is 0 Å². The van der Waals surface area contributed by atoms with E-state index in [-0.39, 0.29) is 5.41 Å². The highest BCUT2D eigenvalue weighted by Gasteiger charge is 2.26. The lowest BCUT2D eigenvalue weighted by molar-refractivity contribution is 0.586. The lowest BCUT2D eigenvalue weighted by Crippen LogP contribution is -2.23. The quantitative estimate of drug-likeness (QED) is 0.898. The van der Waals surface area contributed by atoms with Gasteiger partial charge in [-0.2, -0.15) is 0 Å². The van der Waals surface area contributed by atoms with Crippen LogP contribution in [0.5, 0.6) is 0 Å². The van der Waals surface area contributed by atoms with Crippen LogP contribution < -0.4 is 5.73 Å². The van der Waals surface area contributed by atoms with E-state index < -0.39 is 0 Å². The fraction of sp³-hybridized carbons (Fsp3) is 0.333. The molecule has 0 aliphatic rings. The highest BCUT2D eigenvalue weighted by molar-refractivity contribution is 5.42. The normalized spacial score (nSPS) is 11.5. The van der Waals surface area contributed by atoms with Gasteiger partial charge in [0.25, 0.3) is 0 Å². The highest BCUT2D eigenvalue weighted by atomic mass is 14.9. The third-order valence-electron chi connectivity index (χ3n) is 3.29. The van der Waals surface area contributed by atoms with Gasteiger partial charge in [0.15, 0.2) is 0 Å². The molecule has 94 valence electrons. The summed E-state index contributed by atoms with van der Waals surface area (Å²) in [7, 11) is 0. The number of aromatic nitrogens is 2. The zero-order chi connectivity index (χ0) is 13.2. The van der Waals surface area contributed by atoms with Gasteiger partial charge in [-0.25, -0.2) is 9.97 Å². The summed E-state index contributed by atoms with van der Waals surface area (Å²) in [5, 5.41) is 0. The molecular formula is C15H19N3. The average molecular weight is 241 g/mol. The summed E-state index contributed by atoms with van der Waals surface area (Å²) in [5.74, 6) is 0.819. The minimum Gasteiger partial charge on any atom is -0.396 e. The summed E-state index contributed by atoms with van der Waals surface area (Å²) in [6, 6.07) is 10.3. The minimum absolute atomic E-state index is 0.209. The molecule has 3 heteroatoms. The van der Waals surface area contributed by atoms with Gasteiger partial charge in [0, 0.05) is 5.41 Å². The van der Waals surface area contributed by atoms with Crippen LogP contribution in [0.25, 0.3) is 0 Å². The first-order valence-electron chi connectivity index (χ1n) is 6.23. The summed E-state index contributed by atoms with van der Waals surface area (Å²) in [4.78, 5) is 9.00. The first-order valence-corrected chi connectivity index (χ1v) is 6.23. The van der Waals surface area contributed by atoms with Crippen molar-refractivity contribution in [2.24, 2.45) is 0 Å². The number of hydrogen-bond acceptors (Lipinski definition) is 3. The molecule has 0 atom stereocenters. The Kier molecular flexibility index (Phi) is 3.32. The van der Waals surface area contributed by atoms with Gasteiger partial charge in [-0.3, -0.25) is 0 Å². The Balaban J connectivity index is 2.47. The molecule has 2 aromatic rings. The van der Waals surface area contributed by atoms with Crippen LogP contribution >= 0.6 is 0 Å². The fourth-order valence-corrected chi connectivity index (χ4v) is 1.99. The lowest BCUT2D eigenvalue weighted by atomic mass is 9.83. The number of rotatable bonds is 3. The molecule has 0 aliphatic carbocycles. The number of anilines is 1. The molecule has 1 aromatic heterocycles. The number of hydrogen-bond donors (Lipinski definition) is 1. The van der Waals surface area contributed by atoms with Crippen molar-refractivity contribution < 1.29 is 0 Å². The maximum atomic E-state index is 5.86. The molecule has 2 rings (SSSR count). The molecule has 18 heavy (non-hydrogen) atoms. The fourth-order valence-electron chi connectivity index (χ4n) is 1.99. The molecule has 1 aromatic carbocycles. The van der Waals surface area contributed by atoms with E-state index in [1.54, 1.807) is 6.20 Å². The van der Waals surface area contributed by atoms with Crippen LogP contribution in [0.4, 0.5) is 5.69 Å². The van der Waals surface area contributed by atoms with Crippen LogP contribution in [0.3, 0.4) is 0 Å². The van der Waals surface area contributed by atoms with Gasteiger partial charge < -0.3 is 5.73 Å². The molecule has 0 aliphatic heterocycles. The molecule has 1 heterocycles. The van der Waals surface area contributed by atoms with Crippen molar-refractivity contribution in [2.45, 2.75) is 32.6 Å². The Bertz CT molecular complexity index is 533. The third kappa shape index (κ3) is 2.21. The number of nitrogens with two attached hydrogens (primary N) is 1. The van der Waals surface area contributed by atoms with Gasteiger partial charge in [0.2, 0.25) is 0 Å². The highest BCUT2D eigenvalue weighted by Crippen LogP contribution is 2.29. The van der Waals surface area contributed by atoms with Gasteiger partial charge in [-0.1, -0.05) is 37.3 Å². The number of nitrogen functional groups attached to an aromatic ring is 1. The van der Waals surface area contributed by atoms with Crippen molar-refractivity contribution >= 4 is 5.69 Å². The van der Waals surface area contributed by atoms with Gasteiger partial charge in [-0.15, -0.1) is 0 Å². The van der Waals surface area contributed by atoms with E-state index in [4.69, 9.17) is 5.73 Å².